The van der Waals surface area contributed by atoms with Crippen LogP contribution in [0, 0.1) is 0 Å². The van der Waals surface area contributed by atoms with Gasteiger partial charge in [0.2, 0.25) is 0 Å². The van der Waals surface area contributed by atoms with Crippen molar-refractivity contribution < 1.29 is 39.2 Å². The summed E-state index contributed by atoms with van der Waals surface area (Å²) in [4.78, 5) is 41.7. The number of nitrogens with one attached hydrogen (secondary N) is 1. The lowest BCUT2D eigenvalue weighted by Crippen LogP contribution is -2.64. The van der Waals surface area contributed by atoms with Crippen molar-refractivity contribution in [3.63, 3.8) is 0 Å². The van der Waals surface area contributed by atoms with Gasteiger partial charge in [0, 0.05) is 14.1 Å². The van der Waals surface area contributed by atoms with Crippen LogP contribution in [-0.2, 0) is 25.7 Å². The highest BCUT2D eigenvalue weighted by Crippen LogP contribution is 2.23. The van der Waals surface area contributed by atoms with E-state index in [0.717, 1.165) is 15.4 Å². The monoisotopic (exact) mass is 450 g/mol. The summed E-state index contributed by atoms with van der Waals surface area (Å²) in [6, 6.07) is 7.42. The van der Waals surface area contributed by atoms with Gasteiger partial charge in [0.1, 0.15) is 18.3 Å². The van der Waals surface area contributed by atoms with Crippen LogP contribution in [0.5, 0.6) is 0 Å². The fraction of sp³-hybridized carbons (Fsp3) is 0.500. The number of imide groups is 2. The number of carbonyl (C=O) groups is 3. The van der Waals surface area contributed by atoms with E-state index in [0.29, 0.717) is 0 Å². The van der Waals surface area contributed by atoms with E-state index in [1.54, 1.807) is 0 Å². The van der Waals surface area contributed by atoms with Gasteiger partial charge < -0.3 is 24.8 Å². The molecule has 2 fully saturated rings. The molecule has 0 aliphatic carbocycles. The van der Waals surface area contributed by atoms with Gasteiger partial charge in [0.25, 0.3) is 11.8 Å². The van der Waals surface area contributed by atoms with Crippen molar-refractivity contribution in [3.05, 3.63) is 35.9 Å². The Morgan fingerprint density at radius 3 is 2.28 bits per heavy atom. The number of nitrogens with zero attached hydrogens (tertiary/aromatic N) is 3. The molecular weight excluding hydrogens is 424 g/mol. The van der Waals surface area contributed by atoms with Crippen LogP contribution >= 0.6 is 0 Å². The van der Waals surface area contributed by atoms with Crippen molar-refractivity contribution in [2.24, 2.45) is 4.99 Å². The Hall–Kier alpha value is -2.74. The van der Waals surface area contributed by atoms with E-state index in [2.05, 4.69) is 10.3 Å². The van der Waals surface area contributed by atoms with Crippen LogP contribution in [0.15, 0.2) is 35.3 Å². The van der Waals surface area contributed by atoms with E-state index in [9.17, 15) is 29.7 Å². The van der Waals surface area contributed by atoms with E-state index in [1.807, 2.05) is 30.3 Å². The number of hydrogen-bond donors (Lipinski definition) is 4. The average Bonchev–Trinajstić information content (AvgIpc) is 2.81. The minimum absolute atomic E-state index is 0.133. The highest BCUT2D eigenvalue weighted by atomic mass is 16.7. The first kappa shape index (κ1) is 23.9. The summed E-state index contributed by atoms with van der Waals surface area (Å²) in [6.07, 6.45) is -4.94. The molecule has 5 atom stereocenters. The molecule has 0 bridgehead atoms. The van der Waals surface area contributed by atoms with Gasteiger partial charge in [-0.15, -0.1) is 0 Å². The lowest BCUT2D eigenvalue weighted by Gasteiger charge is -2.42. The second kappa shape index (κ2) is 10.3. The molecule has 12 nitrogen and oxygen atoms in total. The Kier molecular flexibility index (Phi) is 7.66. The SMILES string of the molecule is CN1C(=O)C(=NCN[C@H]2[C@@H](OCc3ccccc3)O[C@H](CO)[C@@H](O)[C@@H]2O)C(=O)N(C)C1=O. The second-order valence-electron chi connectivity index (χ2n) is 7.41. The van der Waals surface area contributed by atoms with E-state index < -0.39 is 60.8 Å². The standard InChI is InChI=1S/C20H26N4O8/c1-23-17(28)14(18(29)24(2)20(23)30)22-10-21-13-16(27)15(26)12(8-25)32-19(13)31-9-11-6-4-3-5-7-11/h3-7,12-13,15-16,19,21,25-27H,8-10H2,1-2H3/t12-,13-,15-,16-,19+/m1/s1. The van der Waals surface area contributed by atoms with Gasteiger partial charge in [-0.05, 0) is 5.56 Å². The molecule has 4 N–H and O–H groups in total. The fourth-order valence-electron chi connectivity index (χ4n) is 3.37. The highest BCUT2D eigenvalue weighted by molar-refractivity contribution is 6.68. The number of urea groups is 1. The summed E-state index contributed by atoms with van der Waals surface area (Å²) in [5.74, 6) is -1.70. The van der Waals surface area contributed by atoms with Gasteiger partial charge in [0.15, 0.2) is 12.0 Å². The molecule has 3 rings (SSSR count). The number of rotatable bonds is 7. The molecule has 32 heavy (non-hydrogen) atoms. The molecule has 1 aromatic carbocycles. The molecule has 174 valence electrons. The zero-order chi connectivity index (χ0) is 23.4. The van der Waals surface area contributed by atoms with Gasteiger partial charge >= 0.3 is 6.03 Å². The van der Waals surface area contributed by atoms with Crippen molar-refractivity contribution in [2.45, 2.75) is 37.3 Å². The topological polar surface area (TPSA) is 161 Å². The maximum atomic E-state index is 12.2. The number of benzene rings is 1. The molecule has 2 aliphatic rings. The van der Waals surface area contributed by atoms with Gasteiger partial charge in [-0.25, -0.2) is 4.79 Å². The Morgan fingerprint density at radius 1 is 1.06 bits per heavy atom. The largest absolute Gasteiger partial charge is 0.394 e. The Labute approximate surface area is 184 Å². The first-order valence-corrected chi connectivity index (χ1v) is 9.92. The lowest BCUT2D eigenvalue weighted by molar-refractivity contribution is -0.274. The van der Waals surface area contributed by atoms with Crippen LogP contribution in [0.4, 0.5) is 4.79 Å². The van der Waals surface area contributed by atoms with Crippen LogP contribution in [0.1, 0.15) is 5.56 Å². The third-order valence-corrected chi connectivity index (χ3v) is 5.29. The third kappa shape index (κ3) is 4.85. The fourth-order valence-corrected chi connectivity index (χ4v) is 3.37. The van der Waals surface area contributed by atoms with Crippen molar-refractivity contribution in [2.75, 3.05) is 27.4 Å². The molecule has 0 spiro atoms. The minimum atomic E-state index is -1.41. The number of amides is 4. The molecular formula is C20H26N4O8. The summed E-state index contributed by atoms with van der Waals surface area (Å²) in [6.45, 7) is -0.711. The van der Waals surface area contributed by atoms with Gasteiger partial charge in [-0.2, -0.15) is 0 Å². The lowest BCUT2D eigenvalue weighted by atomic mass is 9.97. The van der Waals surface area contributed by atoms with E-state index in [4.69, 9.17) is 9.47 Å². The van der Waals surface area contributed by atoms with Crippen LogP contribution in [-0.4, -0.2) is 107 Å². The van der Waals surface area contributed by atoms with Gasteiger partial charge in [-0.3, -0.25) is 29.7 Å². The number of aliphatic hydroxyl groups is 3. The zero-order valence-electron chi connectivity index (χ0n) is 17.6. The first-order chi connectivity index (χ1) is 15.3. The first-order valence-electron chi connectivity index (χ1n) is 9.92. The smallest absolute Gasteiger partial charge is 0.333 e. The maximum Gasteiger partial charge on any atom is 0.333 e. The van der Waals surface area contributed by atoms with Crippen molar-refractivity contribution in [1.82, 2.24) is 15.1 Å². The minimum Gasteiger partial charge on any atom is -0.394 e. The molecule has 0 unspecified atom stereocenters. The van der Waals surface area contributed by atoms with Crippen LogP contribution < -0.4 is 5.32 Å². The van der Waals surface area contributed by atoms with Crippen molar-refractivity contribution in [1.29, 1.82) is 0 Å². The number of aliphatic imine (C=N–C) groups is 1. The zero-order valence-corrected chi connectivity index (χ0v) is 17.6. The number of carbonyl (C=O) groups excluding carboxylic acids is 3. The average molecular weight is 450 g/mol. The quantitative estimate of drug-likeness (QED) is 0.370. The molecule has 2 heterocycles. The number of barbiturate groups is 1. The number of ether oxygens (including phenoxy) is 2. The summed E-state index contributed by atoms with van der Waals surface area (Å²) in [5.41, 5.74) is 0.384. The molecule has 4 amide bonds. The molecule has 2 saturated heterocycles. The van der Waals surface area contributed by atoms with Crippen LogP contribution in [0.2, 0.25) is 0 Å². The molecule has 0 radical (unpaired) electrons. The third-order valence-electron chi connectivity index (χ3n) is 5.29. The van der Waals surface area contributed by atoms with Crippen LogP contribution in [0.25, 0.3) is 0 Å². The summed E-state index contributed by atoms with van der Waals surface area (Å²) in [7, 11) is 2.46. The Balaban J connectivity index is 1.72. The van der Waals surface area contributed by atoms with E-state index in [1.165, 1.54) is 14.1 Å². The number of aliphatic hydroxyl groups excluding tert-OH is 3. The van der Waals surface area contributed by atoms with E-state index >= 15 is 0 Å². The molecule has 12 heteroatoms. The Morgan fingerprint density at radius 2 is 1.69 bits per heavy atom. The normalized spacial score (nSPS) is 29.0. The highest BCUT2D eigenvalue weighted by Gasteiger charge is 2.45. The predicted molar refractivity (Wildman–Crippen MR) is 109 cm³/mol. The molecule has 1 aromatic rings. The molecule has 0 aromatic heterocycles. The molecule has 2 aliphatic heterocycles. The maximum absolute atomic E-state index is 12.2. The van der Waals surface area contributed by atoms with Crippen molar-refractivity contribution in [3.8, 4) is 0 Å². The second-order valence-corrected chi connectivity index (χ2v) is 7.41. The summed E-state index contributed by atoms with van der Waals surface area (Å²) >= 11 is 0. The summed E-state index contributed by atoms with van der Waals surface area (Å²) in [5, 5.41) is 33.0. The van der Waals surface area contributed by atoms with Gasteiger partial charge in [-0.1, -0.05) is 30.3 Å². The van der Waals surface area contributed by atoms with Crippen LogP contribution in [0.3, 0.4) is 0 Å². The Bertz CT molecular complexity index is 854. The number of hydrogen-bond acceptors (Lipinski definition) is 10. The van der Waals surface area contributed by atoms with Gasteiger partial charge in [0.05, 0.1) is 25.9 Å². The van der Waals surface area contributed by atoms with Crippen molar-refractivity contribution >= 4 is 23.6 Å². The van der Waals surface area contributed by atoms with E-state index in [-0.39, 0.29) is 13.3 Å². The summed E-state index contributed by atoms with van der Waals surface area (Å²) < 4.78 is 11.4. The molecule has 0 saturated carbocycles. The predicted octanol–water partition coefficient (Wildman–Crippen LogP) is -1.95.